The normalized spacial score (nSPS) is 10.8. The van der Waals surface area contributed by atoms with Crippen molar-refractivity contribution < 1.29 is 26.1 Å². The van der Waals surface area contributed by atoms with Crippen LogP contribution in [0.1, 0.15) is 26.8 Å². The van der Waals surface area contributed by atoms with Crippen molar-refractivity contribution in [3.63, 3.8) is 0 Å². The SMILES string of the molecule is COC(=O)[C@@H](C)Cc1ccccc1.[CH2-]CC[PH+](c1ccccc1)c1ccccc1.[CH2-]CC[PH+](c1ccccc1)c1ccccc1.[Cl][Ru+2][Cl].[HH]. The minimum atomic E-state index is -0.613. The van der Waals surface area contributed by atoms with Gasteiger partial charge in [0, 0.05) is 13.8 Å². The Bertz CT molecular complexity index is 1330. The van der Waals surface area contributed by atoms with Gasteiger partial charge in [-0.25, -0.2) is 0 Å². The van der Waals surface area contributed by atoms with E-state index in [0.717, 1.165) is 19.3 Å². The molecule has 0 heterocycles. The van der Waals surface area contributed by atoms with Gasteiger partial charge in [-0.1, -0.05) is 110 Å². The monoisotopic (exact) mass is 808 g/mol. The Morgan fingerprint density at radius 3 is 1.15 bits per heavy atom. The average Bonchev–Trinajstić information content (AvgIpc) is 3.15. The molecule has 1 atom stereocenters. The van der Waals surface area contributed by atoms with Gasteiger partial charge >= 0.3 is 40.5 Å². The van der Waals surface area contributed by atoms with Crippen molar-refractivity contribution in [1.29, 1.82) is 0 Å². The molecule has 5 aromatic rings. The van der Waals surface area contributed by atoms with E-state index in [2.05, 4.69) is 140 Å². The van der Waals surface area contributed by atoms with Crippen molar-refractivity contribution in [2.75, 3.05) is 19.4 Å². The van der Waals surface area contributed by atoms with E-state index in [4.69, 9.17) is 19.4 Å². The summed E-state index contributed by atoms with van der Waals surface area (Å²) in [6.07, 6.45) is 5.18. The fourth-order valence-electron chi connectivity index (χ4n) is 5.07. The Morgan fingerprint density at radius 2 is 0.896 bits per heavy atom. The molecule has 0 amide bonds. The molecule has 2 nitrogen and oxygen atoms in total. The summed E-state index contributed by atoms with van der Waals surface area (Å²) in [7, 11) is 9.90. The molecule has 5 aromatic carbocycles. The zero-order chi connectivity index (χ0) is 34.8. The zero-order valence-corrected chi connectivity index (χ0v) is 33.1. The van der Waals surface area contributed by atoms with Crippen molar-refractivity contribution in [3.05, 3.63) is 171 Å². The molecule has 7 heteroatoms. The first-order valence-electron chi connectivity index (χ1n) is 16.0. The van der Waals surface area contributed by atoms with Gasteiger partial charge in [0.25, 0.3) is 0 Å². The largest absolute Gasteiger partial charge is 0 e. The van der Waals surface area contributed by atoms with Crippen LogP contribution in [0.15, 0.2) is 152 Å². The first-order valence-corrected chi connectivity index (χ1v) is 23.9. The molecule has 0 fully saturated rings. The Hall–Kier alpha value is -2.37. The summed E-state index contributed by atoms with van der Waals surface area (Å²) in [4.78, 5) is 11.1. The van der Waals surface area contributed by atoms with Crippen LogP contribution in [-0.4, -0.2) is 25.4 Å². The molecule has 0 aromatic heterocycles. The number of hydrogen-bond donors (Lipinski definition) is 0. The van der Waals surface area contributed by atoms with E-state index in [9.17, 15) is 4.79 Å². The number of carbonyl (C=O) groups is 1. The first-order chi connectivity index (χ1) is 23.5. The van der Waals surface area contributed by atoms with Gasteiger partial charge in [0.15, 0.2) is 0 Å². The summed E-state index contributed by atoms with van der Waals surface area (Å²) in [6, 6.07) is 53.3. The summed E-state index contributed by atoms with van der Waals surface area (Å²) in [5.41, 5.74) is 1.17. The van der Waals surface area contributed by atoms with Crippen LogP contribution in [-0.2, 0) is 31.1 Å². The smallest absolute Gasteiger partial charge is 0 e. The quantitative estimate of drug-likeness (QED) is 0.0576. The molecule has 256 valence electrons. The number of hydrogen-bond acceptors (Lipinski definition) is 2. The molecule has 48 heavy (non-hydrogen) atoms. The molecule has 0 radical (unpaired) electrons. The number of methoxy groups -OCH3 is 1. The number of ether oxygens (including phenoxy) is 1. The van der Waals surface area contributed by atoms with Crippen molar-refractivity contribution in [3.8, 4) is 0 Å². The Labute approximate surface area is 309 Å². The van der Waals surface area contributed by atoms with E-state index in [-0.39, 0.29) is 28.5 Å². The Morgan fingerprint density at radius 1 is 0.625 bits per heavy atom. The van der Waals surface area contributed by atoms with Crippen LogP contribution >= 0.6 is 35.2 Å². The van der Waals surface area contributed by atoms with Gasteiger partial charge in [0.05, 0.1) is 50.1 Å². The zero-order valence-electron chi connectivity index (χ0n) is 27.9. The maximum Gasteiger partial charge on any atom is 0 e. The number of esters is 1. The molecule has 0 spiro atoms. The fraction of sp³-hybridized carbons (Fsp3) is 0.195. The molecule has 0 saturated heterocycles. The van der Waals surface area contributed by atoms with Crippen LogP contribution < -0.4 is 21.2 Å². The molecule has 0 aliphatic carbocycles. The molecule has 0 unspecified atom stereocenters. The average molecular weight is 809 g/mol. The second-order valence-electron chi connectivity index (χ2n) is 10.8. The van der Waals surface area contributed by atoms with Gasteiger partial charge in [0.1, 0.15) is 0 Å². The molecule has 0 saturated carbocycles. The molecule has 0 bridgehead atoms. The fourth-order valence-corrected chi connectivity index (χ4v) is 9.98. The predicted molar refractivity (Wildman–Crippen MR) is 216 cm³/mol. The third-order valence-corrected chi connectivity index (χ3v) is 13.2. The van der Waals surface area contributed by atoms with E-state index >= 15 is 0 Å². The van der Waals surface area contributed by atoms with Gasteiger partial charge in [-0.05, 0) is 60.5 Å². The molecular formula is C41H50Cl2O2P2Ru+2. The van der Waals surface area contributed by atoms with Crippen LogP contribution in [0.4, 0.5) is 0 Å². The number of carbonyl (C=O) groups excluding carboxylic acids is 1. The summed E-state index contributed by atoms with van der Waals surface area (Å²) in [5, 5.41) is 5.95. The number of rotatable bonds is 11. The molecule has 0 N–H and O–H groups in total. The third-order valence-electron chi connectivity index (χ3n) is 7.33. The van der Waals surface area contributed by atoms with E-state index < -0.39 is 15.8 Å². The number of halogens is 2. The maximum atomic E-state index is 11.1. The summed E-state index contributed by atoms with van der Waals surface area (Å²) >= 11 is -0.346. The van der Waals surface area contributed by atoms with Gasteiger partial charge in [-0.15, -0.1) is 12.8 Å². The van der Waals surface area contributed by atoms with Gasteiger partial charge in [-0.3, -0.25) is 4.79 Å². The van der Waals surface area contributed by atoms with Crippen molar-refractivity contribution >= 4 is 62.4 Å². The van der Waals surface area contributed by atoms with Crippen LogP contribution in [0.3, 0.4) is 0 Å². The number of benzene rings is 5. The molecule has 5 rings (SSSR count). The van der Waals surface area contributed by atoms with Crippen molar-refractivity contribution in [1.82, 2.24) is 0 Å². The summed E-state index contributed by atoms with van der Waals surface area (Å²) in [5.74, 6) is -0.212. The van der Waals surface area contributed by atoms with Crippen molar-refractivity contribution in [2.45, 2.75) is 26.2 Å². The van der Waals surface area contributed by atoms with E-state index in [1.807, 2.05) is 37.3 Å². The topological polar surface area (TPSA) is 26.3 Å². The Kier molecular flexibility index (Phi) is 23.1. The molecular weight excluding hydrogens is 758 g/mol. The van der Waals surface area contributed by atoms with Crippen molar-refractivity contribution in [2.24, 2.45) is 5.92 Å². The van der Waals surface area contributed by atoms with Gasteiger partial charge in [0.2, 0.25) is 0 Å². The maximum absolute atomic E-state index is 11.1. The van der Waals surface area contributed by atoms with E-state index in [0.29, 0.717) is 0 Å². The van der Waals surface area contributed by atoms with Crippen LogP contribution in [0.25, 0.3) is 0 Å². The summed E-state index contributed by atoms with van der Waals surface area (Å²) in [6.45, 7) is 9.88. The van der Waals surface area contributed by atoms with E-state index in [1.165, 1.54) is 46.2 Å². The van der Waals surface area contributed by atoms with Gasteiger partial charge in [-0.2, -0.15) is 0 Å². The van der Waals surface area contributed by atoms with E-state index in [1.54, 1.807) is 0 Å². The van der Waals surface area contributed by atoms with Crippen LogP contribution in [0, 0.1) is 19.8 Å². The van der Waals surface area contributed by atoms with Crippen LogP contribution in [0.2, 0.25) is 0 Å². The first kappa shape index (κ1) is 41.8. The second kappa shape index (κ2) is 26.5. The van der Waals surface area contributed by atoms with Crippen LogP contribution in [0.5, 0.6) is 0 Å². The molecule has 0 aliphatic rings. The predicted octanol–water partition coefficient (Wildman–Crippen LogP) is 9.81. The minimum absolute atomic E-state index is 0. The van der Waals surface area contributed by atoms with Gasteiger partial charge < -0.3 is 18.6 Å². The second-order valence-corrected chi connectivity index (χ2v) is 18.7. The Balaban J connectivity index is 0.000000352. The summed E-state index contributed by atoms with van der Waals surface area (Å²) < 4.78 is 4.65. The minimum Gasteiger partial charge on any atom is 0 e. The standard InChI is InChI=1S/2C15H16P.C11H14O2.2ClH.Ru.H2/c2*1-2-13-16(14-9-5-3-6-10-14)15-11-7-4-8-12-15;1-9(11(12)13-2)8-10-6-4-3-5-7-10;;;;/h2*3-12H,1-2,13H2;3-7,9H,8H2,1-2H3;2*1H;;1H/q2*-1;;;;+4;/t;;9-;;;;/m..0..../s1. The molecule has 0 aliphatic heterocycles. The third kappa shape index (κ3) is 16.4.